The first kappa shape index (κ1) is 46.6. The number of H-pyrrole nitrogens is 1. The molecule has 6 aliphatic rings. The molecule has 1 saturated carbocycles. The number of aromatic nitrogens is 1. The summed E-state index contributed by atoms with van der Waals surface area (Å²) in [6, 6.07) is 19.0. The highest BCUT2D eigenvalue weighted by molar-refractivity contribution is 7.17. The molecule has 3 N–H and O–H groups in total. The Morgan fingerprint density at radius 2 is 1.67 bits per heavy atom. The lowest BCUT2D eigenvalue weighted by molar-refractivity contribution is -0.228. The van der Waals surface area contributed by atoms with E-state index in [2.05, 4.69) is 51.3 Å². The number of hydrogen-bond donors (Lipinski definition) is 3. The van der Waals surface area contributed by atoms with Crippen molar-refractivity contribution in [2.24, 2.45) is 11.3 Å². The fourth-order valence-corrected chi connectivity index (χ4v) is 16.1. The van der Waals surface area contributed by atoms with Gasteiger partial charge in [-0.2, -0.15) is 0 Å². The van der Waals surface area contributed by atoms with Crippen molar-refractivity contribution in [3.8, 4) is 5.75 Å². The highest BCUT2D eigenvalue weighted by Gasteiger charge is 2.80. The number of anilines is 1. The van der Waals surface area contributed by atoms with Crippen LogP contribution in [0.3, 0.4) is 0 Å². The number of piperidine rings is 1. The molecule has 2 saturated heterocycles. The van der Waals surface area contributed by atoms with Crippen LogP contribution in [0.1, 0.15) is 85.6 Å². The number of thiophene rings is 1. The summed E-state index contributed by atoms with van der Waals surface area (Å²) in [6.07, 6.45) is 6.04. The van der Waals surface area contributed by atoms with Crippen molar-refractivity contribution in [2.75, 3.05) is 66.0 Å². The number of para-hydroxylation sites is 1. The van der Waals surface area contributed by atoms with Gasteiger partial charge >= 0.3 is 17.9 Å². The summed E-state index contributed by atoms with van der Waals surface area (Å²) in [6.45, 7) is 8.77. The van der Waals surface area contributed by atoms with E-state index in [4.69, 9.17) is 18.9 Å². The van der Waals surface area contributed by atoms with Crippen LogP contribution in [0.4, 0.5) is 5.69 Å². The van der Waals surface area contributed by atoms with E-state index < -0.39 is 57.4 Å². The van der Waals surface area contributed by atoms with Gasteiger partial charge in [-0.05, 0) is 80.3 Å². The minimum atomic E-state index is -2.33. The number of likely N-dealkylation sites (N-methyl/N-ethyl adjacent to an activating group) is 1. The third-order valence-corrected chi connectivity index (χ3v) is 18.7. The minimum Gasteiger partial charge on any atom is -0.496 e. The van der Waals surface area contributed by atoms with E-state index >= 15 is 4.79 Å². The van der Waals surface area contributed by atoms with Crippen molar-refractivity contribution in [2.45, 2.75) is 99.5 Å². The zero-order valence-electron chi connectivity index (χ0n) is 41.1. The Hall–Kier alpha value is -5.74. The quantitative estimate of drug-likeness (QED) is 0.0822. The van der Waals surface area contributed by atoms with Crippen LogP contribution in [0.2, 0.25) is 0 Å². The normalized spacial score (nSPS) is 33.0. The Bertz CT molecular complexity index is 3000. The Balaban J connectivity index is 1.13. The van der Waals surface area contributed by atoms with Crippen LogP contribution in [-0.2, 0) is 45.8 Å². The monoisotopic (exact) mass is 969 g/mol. The van der Waals surface area contributed by atoms with E-state index in [1.165, 1.54) is 21.1 Å². The summed E-state index contributed by atoms with van der Waals surface area (Å²) < 4.78 is 25.4. The van der Waals surface area contributed by atoms with Crippen LogP contribution < -0.4 is 15.0 Å². The van der Waals surface area contributed by atoms with Gasteiger partial charge in [0.25, 0.3) is 5.91 Å². The molecule has 1 unspecified atom stereocenters. The van der Waals surface area contributed by atoms with Gasteiger partial charge in [-0.1, -0.05) is 62.4 Å². The molecule has 1 spiro atoms. The first-order valence-electron chi connectivity index (χ1n) is 24.7. The number of rotatable bonds is 9. The van der Waals surface area contributed by atoms with Crippen LogP contribution in [-0.4, -0.2) is 134 Å². The number of fused-ring (bicyclic) bond motifs is 7. The van der Waals surface area contributed by atoms with Crippen LogP contribution >= 0.6 is 11.3 Å². The molecule has 3 fully saturated rings. The Kier molecular flexibility index (Phi) is 11.1. The van der Waals surface area contributed by atoms with Gasteiger partial charge in [-0.15, -0.1) is 11.3 Å². The maximum atomic E-state index is 15.8. The number of ether oxygens (including phenoxy) is 4. The predicted octanol–water partition coefficient (Wildman–Crippen LogP) is 6.64. The van der Waals surface area contributed by atoms with Crippen LogP contribution in [0, 0.1) is 11.3 Å². The molecule has 2 aromatic heterocycles. The van der Waals surface area contributed by atoms with Crippen molar-refractivity contribution < 1.29 is 43.2 Å². The third kappa shape index (κ3) is 6.26. The Labute approximate surface area is 412 Å². The Morgan fingerprint density at radius 3 is 2.40 bits per heavy atom. The lowest BCUT2D eigenvalue weighted by Crippen LogP contribution is -2.81. The van der Waals surface area contributed by atoms with Crippen molar-refractivity contribution in [3.05, 3.63) is 106 Å². The molecule has 0 radical (unpaired) electrons. The standard InChI is InChI=1S/C55H63N5O9S/c1-8-51(57-45(62)37-30-70-43-18-13-11-16-35(37)43)27-33-28-54(49(63)67-6,44-36(19-23-59(29-33)31-51)34-15-10-12-17-40(34)56-44)39-25-38-41(26-42(39)66-5)58(4)47-53(38)21-24-60-22-14-20-52(9-2,46(53)60)48(69-32(3)61)55(47,65)50(64)68-7/h10-18,20,25-26,30,33,46-48,56,65H,8-9,19,21-24,27-29,31H2,1-7H3,(H,57,62)/t33-,46+,47-,48-,51+,52-,53-,54+,55+/m1/s1. The average molecular weight is 970 g/mol. The second kappa shape index (κ2) is 16.7. The molecule has 70 heavy (non-hydrogen) atoms. The molecule has 1 amide bonds. The van der Waals surface area contributed by atoms with E-state index in [0.717, 1.165) is 43.5 Å². The molecule has 3 aromatic carbocycles. The van der Waals surface area contributed by atoms with Gasteiger partial charge in [0.1, 0.15) is 11.2 Å². The topological polar surface area (TPSA) is 163 Å². The van der Waals surface area contributed by atoms with E-state index in [1.54, 1.807) is 18.4 Å². The molecule has 1 aliphatic carbocycles. The van der Waals surface area contributed by atoms with Crippen molar-refractivity contribution >= 4 is 61.8 Å². The summed E-state index contributed by atoms with van der Waals surface area (Å²) in [5.41, 5.74) is -0.868. The lowest BCUT2D eigenvalue weighted by Gasteiger charge is -2.63. The summed E-state index contributed by atoms with van der Waals surface area (Å²) in [5, 5.41) is 21.0. The van der Waals surface area contributed by atoms with E-state index in [-0.39, 0.29) is 17.9 Å². The van der Waals surface area contributed by atoms with Crippen LogP contribution in [0.15, 0.2) is 78.2 Å². The average Bonchev–Trinajstić information content (AvgIpc) is 4.15. The summed E-state index contributed by atoms with van der Waals surface area (Å²) in [4.78, 5) is 68.6. The smallest absolute Gasteiger partial charge is 0.344 e. The number of nitrogens with zero attached hydrogens (tertiary/aromatic N) is 3. The maximum Gasteiger partial charge on any atom is 0.344 e. The first-order valence-corrected chi connectivity index (χ1v) is 25.6. The number of aliphatic hydroxyl groups is 1. The molecule has 5 aliphatic heterocycles. The predicted molar refractivity (Wildman–Crippen MR) is 268 cm³/mol. The highest BCUT2D eigenvalue weighted by atomic mass is 32.1. The van der Waals surface area contributed by atoms with E-state index in [9.17, 15) is 19.5 Å². The molecule has 10 atom stereocenters. The summed E-state index contributed by atoms with van der Waals surface area (Å²) in [5.74, 6) is -1.73. The second-order valence-electron chi connectivity index (χ2n) is 20.9. The molecule has 5 aromatic rings. The summed E-state index contributed by atoms with van der Waals surface area (Å²) in [7, 11) is 6.19. The van der Waals surface area contributed by atoms with Crippen LogP contribution in [0.25, 0.3) is 21.0 Å². The molecular formula is C55H63N5O9S. The maximum absolute atomic E-state index is 15.8. The zero-order chi connectivity index (χ0) is 49.1. The first-order chi connectivity index (χ1) is 33.7. The van der Waals surface area contributed by atoms with Gasteiger partial charge in [-0.3, -0.25) is 19.3 Å². The van der Waals surface area contributed by atoms with Gasteiger partial charge in [0.2, 0.25) is 5.60 Å². The second-order valence-corrected chi connectivity index (χ2v) is 21.8. The number of hydrogen-bond acceptors (Lipinski definition) is 13. The zero-order valence-corrected chi connectivity index (χ0v) is 41.9. The number of carbonyl (C=O) groups is 4. The molecule has 11 rings (SSSR count). The number of methoxy groups -OCH3 is 3. The van der Waals surface area contributed by atoms with E-state index in [1.807, 2.05) is 72.8 Å². The Morgan fingerprint density at radius 1 is 0.914 bits per heavy atom. The number of nitrogens with one attached hydrogen (secondary N) is 2. The van der Waals surface area contributed by atoms with Gasteiger partial charge < -0.3 is 44.2 Å². The molecule has 14 nitrogen and oxygen atoms in total. The number of esters is 3. The van der Waals surface area contributed by atoms with Gasteiger partial charge in [0.05, 0.1) is 38.5 Å². The molecule has 15 heteroatoms. The molecular weight excluding hydrogens is 907 g/mol. The van der Waals surface area contributed by atoms with Crippen molar-refractivity contribution in [1.82, 2.24) is 20.1 Å². The van der Waals surface area contributed by atoms with Crippen molar-refractivity contribution in [3.63, 3.8) is 0 Å². The molecule has 7 heterocycles. The summed E-state index contributed by atoms with van der Waals surface area (Å²) >= 11 is 1.57. The van der Waals surface area contributed by atoms with Crippen LogP contribution in [0.5, 0.6) is 5.75 Å². The fourth-order valence-electron chi connectivity index (χ4n) is 15.2. The van der Waals surface area contributed by atoms with Gasteiger partial charge in [-0.25, -0.2) is 4.79 Å². The SMILES string of the molecule is CC[C@]1(NC(=O)c2csc3ccccc23)C[C@H]2CN(CCc3c([nH]c4ccccc34)[C@@](C(=O)OC)(c3cc4c(cc3OC)N(C)[C@H]3[C@@](O)(C(=O)OC)[C@H](OC(C)=O)[C@]5(CC)C=CCN6CC[C@]43[C@@H]65)C2)C1. The molecule has 2 bridgehead atoms. The number of carbonyl (C=O) groups excluding carboxylic acids is 4. The van der Waals surface area contributed by atoms with Gasteiger partial charge in [0, 0.05) is 106 Å². The number of amides is 1. The number of benzene rings is 3. The van der Waals surface area contributed by atoms with E-state index in [0.29, 0.717) is 88.1 Å². The minimum absolute atomic E-state index is 0.106. The lowest BCUT2D eigenvalue weighted by atomic mass is 9.47. The molecule has 368 valence electrons. The van der Waals surface area contributed by atoms with Gasteiger partial charge in [0.15, 0.2) is 6.10 Å². The third-order valence-electron chi connectivity index (χ3n) is 17.7. The highest BCUT2D eigenvalue weighted by Crippen LogP contribution is 2.68. The fraction of sp³-hybridized carbons (Fsp3) is 0.491. The number of aromatic amines is 1. The largest absolute Gasteiger partial charge is 0.496 e. The van der Waals surface area contributed by atoms with Crippen molar-refractivity contribution in [1.29, 1.82) is 0 Å².